The molecule has 0 bridgehead atoms. The summed E-state index contributed by atoms with van der Waals surface area (Å²) in [4.78, 5) is 47.2. The second-order valence-electron chi connectivity index (χ2n) is 10.3. The lowest BCUT2D eigenvalue weighted by Crippen LogP contribution is -2.50. The number of rotatable bonds is 9. The Morgan fingerprint density at radius 3 is 2.30 bits per heavy atom. The Hall–Kier alpha value is -3.75. The number of alkyl halides is 3. The van der Waals surface area contributed by atoms with Gasteiger partial charge in [0.05, 0.1) is 18.7 Å². The molecule has 0 spiro atoms. The molecule has 0 aromatic heterocycles. The van der Waals surface area contributed by atoms with Crippen LogP contribution in [0.4, 0.5) is 18.9 Å². The summed E-state index contributed by atoms with van der Waals surface area (Å²) in [6.45, 7) is 13.1. The number of likely N-dealkylation sites (tertiary alicyclic amines) is 1. The number of nitrogens with one attached hydrogen (secondary N) is 1. The van der Waals surface area contributed by atoms with Gasteiger partial charge in [-0.2, -0.15) is 13.2 Å². The highest BCUT2D eigenvalue weighted by Crippen LogP contribution is 2.29. The Morgan fingerprint density at radius 2 is 1.62 bits per heavy atom. The number of amides is 2. The Bertz CT molecular complexity index is 1250. The van der Waals surface area contributed by atoms with Crippen molar-refractivity contribution >= 4 is 23.3 Å². The van der Waals surface area contributed by atoms with Crippen molar-refractivity contribution in [3.63, 3.8) is 0 Å². The molecule has 11 heteroatoms. The smallest absolute Gasteiger partial charge is 0.345 e. The number of hydrogen-bond acceptors (Lipinski definition) is 5. The second kappa shape index (κ2) is 13.1. The largest absolute Gasteiger partial charge is 0.416 e. The van der Waals surface area contributed by atoms with Crippen molar-refractivity contribution < 1.29 is 27.6 Å². The number of Topliss-reactive ketones (excluding diaryl/α,β-unsaturated/α-hetero) is 1. The Morgan fingerprint density at radius 1 is 0.925 bits per heavy atom. The molecule has 40 heavy (non-hydrogen) atoms. The van der Waals surface area contributed by atoms with Crippen molar-refractivity contribution in [2.75, 3.05) is 58.9 Å². The summed E-state index contributed by atoms with van der Waals surface area (Å²) < 4.78 is 38.6. The molecule has 0 aliphatic carbocycles. The number of halogens is 3. The van der Waals surface area contributed by atoms with Crippen LogP contribution in [0.3, 0.4) is 0 Å². The van der Waals surface area contributed by atoms with Gasteiger partial charge >= 0.3 is 6.18 Å². The number of carbonyl (C=O) groups is 3. The molecule has 2 amide bonds. The Kier molecular flexibility index (Phi) is 9.55. The monoisotopic (exact) mass is 555 g/mol. The van der Waals surface area contributed by atoms with E-state index in [0.29, 0.717) is 30.8 Å². The van der Waals surface area contributed by atoms with Gasteiger partial charge in [-0.25, -0.2) is 4.85 Å². The van der Waals surface area contributed by atoms with Crippen LogP contribution >= 0.6 is 0 Å². The third-order valence-corrected chi connectivity index (χ3v) is 7.42. The Labute approximate surface area is 231 Å². The first-order chi connectivity index (χ1) is 19.1. The van der Waals surface area contributed by atoms with Crippen LogP contribution in [0.2, 0.25) is 0 Å². The third kappa shape index (κ3) is 7.90. The predicted octanol–water partition coefficient (Wildman–Crippen LogP) is 3.73. The molecule has 2 saturated heterocycles. The number of ketones is 1. The van der Waals surface area contributed by atoms with E-state index in [4.69, 9.17) is 6.57 Å². The summed E-state index contributed by atoms with van der Waals surface area (Å²) in [5, 5.41) is 2.44. The maximum atomic E-state index is 12.9. The zero-order valence-electron chi connectivity index (χ0n) is 22.1. The fourth-order valence-electron chi connectivity index (χ4n) is 5.11. The molecule has 2 fully saturated rings. The quantitative estimate of drug-likeness (QED) is 0.478. The minimum atomic E-state index is -4.54. The maximum absolute atomic E-state index is 12.9. The molecule has 2 heterocycles. The molecule has 2 aliphatic heterocycles. The van der Waals surface area contributed by atoms with E-state index in [1.807, 2.05) is 4.90 Å². The zero-order valence-corrected chi connectivity index (χ0v) is 22.1. The molecule has 1 N–H and O–H groups in total. The zero-order chi connectivity index (χ0) is 28.7. The number of nitrogens with zero attached hydrogens (tertiary/aromatic N) is 4. The van der Waals surface area contributed by atoms with E-state index < -0.39 is 17.6 Å². The standard InChI is InChI=1S/C29H32F3N5O3/c1-33-25-7-5-22(6-8-25)28(40)37-15-13-35(14-16-37)11-12-36-10-9-21(20-36)17-26(38)19-34-27(39)23-3-2-4-24(18-23)29(30,31)32/h2-8,18,21H,9-17,19-20H2,(H,34,39)/t21-/m0/s1. The first-order valence-corrected chi connectivity index (χ1v) is 13.3. The van der Waals surface area contributed by atoms with Crippen LogP contribution in [0.1, 0.15) is 39.1 Å². The van der Waals surface area contributed by atoms with Crippen LogP contribution in [-0.4, -0.2) is 91.2 Å². The number of benzene rings is 2. The normalized spacial score (nSPS) is 18.4. The van der Waals surface area contributed by atoms with E-state index in [1.54, 1.807) is 24.3 Å². The molecule has 0 saturated carbocycles. The molecular formula is C29H32F3N5O3. The molecule has 2 aliphatic rings. The third-order valence-electron chi connectivity index (χ3n) is 7.42. The molecule has 0 radical (unpaired) electrons. The molecule has 1 atom stereocenters. The van der Waals surface area contributed by atoms with Crippen LogP contribution in [0.15, 0.2) is 48.5 Å². The summed E-state index contributed by atoms with van der Waals surface area (Å²) in [7, 11) is 0. The molecule has 4 rings (SSSR count). The minimum absolute atomic E-state index is 0.0192. The summed E-state index contributed by atoms with van der Waals surface area (Å²) in [6, 6.07) is 10.8. The highest BCUT2D eigenvalue weighted by molar-refractivity contribution is 5.97. The van der Waals surface area contributed by atoms with Gasteiger partial charge in [-0.15, -0.1) is 0 Å². The van der Waals surface area contributed by atoms with Crippen LogP contribution in [0.25, 0.3) is 4.85 Å². The topological polar surface area (TPSA) is 77.3 Å². The molecule has 8 nitrogen and oxygen atoms in total. The highest BCUT2D eigenvalue weighted by atomic mass is 19.4. The van der Waals surface area contributed by atoms with Crippen LogP contribution in [0, 0.1) is 12.5 Å². The van der Waals surface area contributed by atoms with Gasteiger partial charge < -0.3 is 15.1 Å². The van der Waals surface area contributed by atoms with Gasteiger partial charge in [0.15, 0.2) is 11.5 Å². The first kappa shape index (κ1) is 29.2. The lowest BCUT2D eigenvalue weighted by atomic mass is 10.0. The van der Waals surface area contributed by atoms with E-state index in [0.717, 1.165) is 57.8 Å². The van der Waals surface area contributed by atoms with Crippen molar-refractivity contribution in [3.8, 4) is 0 Å². The average Bonchev–Trinajstić information content (AvgIpc) is 3.41. The van der Waals surface area contributed by atoms with Crippen LogP contribution < -0.4 is 5.32 Å². The second-order valence-corrected chi connectivity index (χ2v) is 10.3. The number of hydrogen-bond donors (Lipinski definition) is 1. The first-order valence-electron chi connectivity index (χ1n) is 13.3. The summed E-state index contributed by atoms with van der Waals surface area (Å²) >= 11 is 0. The fraction of sp³-hybridized carbons (Fsp3) is 0.448. The number of piperazine rings is 1. The van der Waals surface area contributed by atoms with Gasteiger partial charge in [-0.3, -0.25) is 19.3 Å². The lowest BCUT2D eigenvalue weighted by molar-refractivity contribution is -0.137. The fourth-order valence-corrected chi connectivity index (χ4v) is 5.11. The van der Waals surface area contributed by atoms with E-state index in [1.165, 1.54) is 12.1 Å². The van der Waals surface area contributed by atoms with Crippen molar-refractivity contribution in [1.82, 2.24) is 20.0 Å². The Balaban J connectivity index is 1.12. The molecule has 2 aromatic carbocycles. The minimum Gasteiger partial charge on any atom is -0.345 e. The summed E-state index contributed by atoms with van der Waals surface area (Å²) in [5.74, 6) is -0.681. The van der Waals surface area contributed by atoms with Crippen molar-refractivity contribution in [1.29, 1.82) is 0 Å². The van der Waals surface area contributed by atoms with E-state index >= 15 is 0 Å². The average molecular weight is 556 g/mol. The van der Waals surface area contributed by atoms with E-state index in [-0.39, 0.29) is 29.7 Å². The van der Waals surface area contributed by atoms with Crippen molar-refractivity contribution in [2.24, 2.45) is 5.92 Å². The SMILES string of the molecule is [C-]#[N+]c1ccc(C(=O)N2CCN(CCN3CC[C@@H](CC(=O)CNC(=O)c4cccc(C(F)(F)F)c4)C3)CC2)cc1. The van der Waals surface area contributed by atoms with Gasteiger partial charge in [-0.05, 0) is 37.1 Å². The van der Waals surface area contributed by atoms with Crippen molar-refractivity contribution in [3.05, 3.63) is 76.6 Å². The van der Waals surface area contributed by atoms with Crippen LogP contribution in [-0.2, 0) is 11.0 Å². The lowest BCUT2D eigenvalue weighted by Gasteiger charge is -2.35. The highest BCUT2D eigenvalue weighted by Gasteiger charge is 2.31. The van der Waals surface area contributed by atoms with Gasteiger partial charge in [0.25, 0.3) is 11.8 Å². The molecule has 0 unspecified atom stereocenters. The van der Waals surface area contributed by atoms with Gasteiger partial charge in [0.1, 0.15) is 0 Å². The van der Waals surface area contributed by atoms with E-state index in [2.05, 4.69) is 20.0 Å². The molecular weight excluding hydrogens is 523 g/mol. The van der Waals surface area contributed by atoms with Gasteiger partial charge in [-0.1, -0.05) is 30.3 Å². The molecule has 2 aromatic rings. The predicted molar refractivity (Wildman–Crippen MR) is 143 cm³/mol. The van der Waals surface area contributed by atoms with Gasteiger partial charge in [0, 0.05) is 63.4 Å². The molecule has 212 valence electrons. The summed E-state index contributed by atoms with van der Waals surface area (Å²) in [5.41, 5.74) is 0.0661. The maximum Gasteiger partial charge on any atom is 0.416 e. The summed E-state index contributed by atoms with van der Waals surface area (Å²) in [6.07, 6.45) is -3.35. The van der Waals surface area contributed by atoms with Crippen LogP contribution in [0.5, 0.6) is 0 Å². The van der Waals surface area contributed by atoms with Crippen molar-refractivity contribution in [2.45, 2.75) is 19.0 Å². The van der Waals surface area contributed by atoms with E-state index in [9.17, 15) is 27.6 Å². The van der Waals surface area contributed by atoms with Gasteiger partial charge in [0.2, 0.25) is 0 Å². The number of carbonyl (C=O) groups excluding carboxylic acids is 3.